The predicted octanol–water partition coefficient (Wildman–Crippen LogP) is 7.41. The highest BCUT2D eigenvalue weighted by Gasteiger charge is 2.04. The van der Waals surface area contributed by atoms with Crippen LogP contribution in [0.15, 0.2) is 115 Å². The van der Waals surface area contributed by atoms with Gasteiger partial charge in [-0.25, -0.2) is 4.98 Å². The molecule has 2 N–H and O–H groups in total. The quantitative estimate of drug-likeness (QED) is 0.283. The zero-order valence-electron chi connectivity index (χ0n) is 18.1. The molecule has 0 aliphatic heterocycles. The average molecular weight is 447 g/mol. The minimum atomic E-state index is 0.244. The van der Waals surface area contributed by atoms with Gasteiger partial charge in [-0.15, -0.1) is 0 Å². The molecule has 0 saturated heterocycles. The minimum absolute atomic E-state index is 0.244. The number of hydrogen-bond donors (Lipinski definition) is 2. The summed E-state index contributed by atoms with van der Waals surface area (Å²) in [6, 6.07) is 33.1. The van der Waals surface area contributed by atoms with Gasteiger partial charge in [0.2, 0.25) is 5.88 Å². The molecule has 0 amide bonds. The van der Waals surface area contributed by atoms with E-state index in [1.54, 1.807) is 42.6 Å². The van der Waals surface area contributed by atoms with Crippen molar-refractivity contribution in [2.24, 2.45) is 0 Å². The van der Waals surface area contributed by atoms with Gasteiger partial charge in [-0.3, -0.25) is 0 Å². The first-order valence-corrected chi connectivity index (χ1v) is 10.7. The van der Waals surface area contributed by atoms with Crippen LogP contribution >= 0.6 is 0 Å². The third-order valence-electron chi connectivity index (χ3n) is 5.28. The Bertz CT molecular complexity index is 1250. The normalized spacial score (nSPS) is 10.6. The molecule has 0 saturated carbocycles. The van der Waals surface area contributed by atoms with Crippen LogP contribution in [-0.2, 0) is 0 Å². The number of pyridine rings is 1. The van der Waals surface area contributed by atoms with Gasteiger partial charge in [0.05, 0.1) is 6.20 Å². The van der Waals surface area contributed by atoms with Crippen LogP contribution in [0.2, 0.25) is 0 Å². The van der Waals surface area contributed by atoms with E-state index in [0.717, 1.165) is 22.3 Å². The van der Waals surface area contributed by atoms with Crippen molar-refractivity contribution in [3.05, 3.63) is 115 Å². The Hall–Kier alpha value is -4.77. The second-order valence-electron chi connectivity index (χ2n) is 7.68. The maximum atomic E-state index is 9.43. The molecule has 1 heterocycles. The molecule has 1 aromatic heterocycles. The molecular weight excluding hydrogens is 426 g/mol. The standard InChI is InChI=1S/C29H21NO4/c31-24-9-1-20(2-10-24)22-5-13-26(14-6-22)33-28-17-18-29(30-19-28)34-27-15-7-23(8-16-27)21-3-11-25(32)12-4-21/h1-19,31-32H. The second-order valence-corrected chi connectivity index (χ2v) is 7.68. The number of hydrogen-bond acceptors (Lipinski definition) is 5. The summed E-state index contributed by atoms with van der Waals surface area (Å²) >= 11 is 0. The van der Waals surface area contributed by atoms with Crippen molar-refractivity contribution in [2.45, 2.75) is 0 Å². The first-order valence-electron chi connectivity index (χ1n) is 10.7. The molecule has 5 heteroatoms. The van der Waals surface area contributed by atoms with Crippen molar-refractivity contribution in [3.63, 3.8) is 0 Å². The first kappa shape index (κ1) is 21.1. The monoisotopic (exact) mass is 447 g/mol. The molecule has 0 spiro atoms. The van der Waals surface area contributed by atoms with Crippen molar-refractivity contribution in [3.8, 4) is 56.9 Å². The number of phenols is 2. The lowest BCUT2D eigenvalue weighted by Crippen LogP contribution is -1.90. The number of phenolic OH excluding ortho intramolecular Hbond substituents is 2. The molecule has 0 aliphatic rings. The number of aromatic hydroxyl groups is 2. The van der Waals surface area contributed by atoms with Gasteiger partial charge < -0.3 is 19.7 Å². The molecule has 0 radical (unpaired) electrons. The zero-order valence-corrected chi connectivity index (χ0v) is 18.1. The van der Waals surface area contributed by atoms with Gasteiger partial charge in [0, 0.05) is 6.07 Å². The van der Waals surface area contributed by atoms with E-state index in [4.69, 9.17) is 9.47 Å². The van der Waals surface area contributed by atoms with Crippen LogP contribution in [0.5, 0.6) is 34.6 Å². The lowest BCUT2D eigenvalue weighted by Gasteiger charge is -2.09. The topological polar surface area (TPSA) is 71.8 Å². The van der Waals surface area contributed by atoms with Gasteiger partial charge in [-0.1, -0.05) is 48.5 Å². The molecule has 5 rings (SSSR count). The van der Waals surface area contributed by atoms with Crippen molar-refractivity contribution >= 4 is 0 Å². The van der Waals surface area contributed by atoms with E-state index < -0.39 is 0 Å². The van der Waals surface area contributed by atoms with E-state index in [0.29, 0.717) is 23.1 Å². The van der Waals surface area contributed by atoms with Gasteiger partial charge in [-0.05, 0) is 76.9 Å². The van der Waals surface area contributed by atoms with Crippen LogP contribution in [0.25, 0.3) is 22.3 Å². The van der Waals surface area contributed by atoms with Gasteiger partial charge in [0.15, 0.2) is 0 Å². The highest BCUT2D eigenvalue weighted by atomic mass is 16.5. The lowest BCUT2D eigenvalue weighted by atomic mass is 10.1. The summed E-state index contributed by atoms with van der Waals surface area (Å²) in [5.74, 6) is 2.93. The molecule has 5 nitrogen and oxygen atoms in total. The maximum Gasteiger partial charge on any atom is 0.219 e. The Labute approximate surface area is 197 Å². The Morgan fingerprint density at radius 3 is 1.21 bits per heavy atom. The molecule has 166 valence electrons. The molecule has 0 unspecified atom stereocenters. The molecule has 34 heavy (non-hydrogen) atoms. The van der Waals surface area contributed by atoms with Crippen molar-refractivity contribution in [1.82, 2.24) is 4.98 Å². The highest BCUT2D eigenvalue weighted by molar-refractivity contribution is 5.65. The Morgan fingerprint density at radius 2 is 0.794 bits per heavy atom. The van der Waals surface area contributed by atoms with E-state index in [9.17, 15) is 10.2 Å². The van der Waals surface area contributed by atoms with E-state index >= 15 is 0 Å². The molecular formula is C29H21NO4. The van der Waals surface area contributed by atoms with Crippen LogP contribution in [0.4, 0.5) is 0 Å². The Morgan fingerprint density at radius 1 is 0.412 bits per heavy atom. The fourth-order valence-electron chi connectivity index (χ4n) is 3.48. The first-order chi connectivity index (χ1) is 16.6. The third kappa shape index (κ3) is 5.00. The molecule has 0 bridgehead atoms. The summed E-state index contributed by atoms with van der Waals surface area (Å²) < 4.78 is 11.7. The molecule has 0 fully saturated rings. The van der Waals surface area contributed by atoms with E-state index in [1.807, 2.05) is 72.8 Å². The Balaban J connectivity index is 1.21. The third-order valence-corrected chi connectivity index (χ3v) is 5.28. The van der Waals surface area contributed by atoms with Gasteiger partial charge in [0.1, 0.15) is 28.7 Å². The van der Waals surface area contributed by atoms with E-state index in [1.165, 1.54) is 0 Å². The van der Waals surface area contributed by atoms with E-state index in [-0.39, 0.29) is 11.5 Å². The molecule has 5 aromatic rings. The largest absolute Gasteiger partial charge is 0.508 e. The van der Waals surface area contributed by atoms with Gasteiger partial charge >= 0.3 is 0 Å². The fraction of sp³-hybridized carbons (Fsp3) is 0. The van der Waals surface area contributed by atoms with E-state index in [2.05, 4.69) is 4.98 Å². The van der Waals surface area contributed by atoms with Crippen LogP contribution in [0, 0.1) is 0 Å². The average Bonchev–Trinajstić information content (AvgIpc) is 2.87. The van der Waals surface area contributed by atoms with Crippen molar-refractivity contribution < 1.29 is 19.7 Å². The highest BCUT2D eigenvalue weighted by Crippen LogP contribution is 2.29. The number of aromatic nitrogens is 1. The minimum Gasteiger partial charge on any atom is -0.508 e. The summed E-state index contributed by atoms with van der Waals surface area (Å²) in [7, 11) is 0. The van der Waals surface area contributed by atoms with Crippen molar-refractivity contribution in [2.75, 3.05) is 0 Å². The second kappa shape index (κ2) is 9.38. The van der Waals surface area contributed by atoms with Crippen molar-refractivity contribution in [1.29, 1.82) is 0 Å². The number of benzene rings is 4. The van der Waals surface area contributed by atoms with Gasteiger partial charge in [-0.2, -0.15) is 0 Å². The summed E-state index contributed by atoms with van der Waals surface area (Å²) in [5.41, 5.74) is 4.09. The number of nitrogens with zero attached hydrogens (tertiary/aromatic N) is 1. The fourth-order valence-corrected chi connectivity index (χ4v) is 3.48. The molecule has 0 atom stereocenters. The van der Waals surface area contributed by atoms with Crippen LogP contribution in [-0.4, -0.2) is 15.2 Å². The number of rotatable bonds is 6. The summed E-state index contributed by atoms with van der Waals surface area (Å²) in [6.07, 6.45) is 1.62. The summed E-state index contributed by atoms with van der Waals surface area (Å²) in [5, 5.41) is 18.9. The lowest BCUT2D eigenvalue weighted by molar-refractivity contribution is 0.451. The SMILES string of the molecule is Oc1ccc(-c2ccc(Oc3ccc(Oc4ccc(-c5ccc(O)cc5)cc4)nc3)cc2)cc1. The Kier molecular flexibility index (Phi) is 5.82. The zero-order chi connectivity index (χ0) is 23.3. The summed E-state index contributed by atoms with van der Waals surface area (Å²) in [6.45, 7) is 0. The van der Waals surface area contributed by atoms with Crippen LogP contribution in [0.3, 0.4) is 0 Å². The molecule has 4 aromatic carbocycles. The molecule has 0 aliphatic carbocycles. The summed E-state index contributed by atoms with van der Waals surface area (Å²) in [4.78, 5) is 4.34. The van der Waals surface area contributed by atoms with Crippen LogP contribution < -0.4 is 9.47 Å². The smallest absolute Gasteiger partial charge is 0.219 e. The predicted molar refractivity (Wildman–Crippen MR) is 131 cm³/mol. The van der Waals surface area contributed by atoms with Crippen LogP contribution in [0.1, 0.15) is 0 Å². The number of ether oxygens (including phenoxy) is 2. The van der Waals surface area contributed by atoms with Gasteiger partial charge in [0.25, 0.3) is 0 Å². The maximum absolute atomic E-state index is 9.43.